The summed E-state index contributed by atoms with van der Waals surface area (Å²) in [5.74, 6) is 0.0969. The number of carbonyl (C=O) groups is 3. The molecule has 2 heterocycles. The quantitative estimate of drug-likeness (QED) is 0.307. The summed E-state index contributed by atoms with van der Waals surface area (Å²) >= 11 is 0. The summed E-state index contributed by atoms with van der Waals surface area (Å²) in [7, 11) is 0. The number of hydrogen-bond acceptors (Lipinski definition) is 7. The molecule has 4 rings (SSSR count). The van der Waals surface area contributed by atoms with Crippen LogP contribution in [0.1, 0.15) is 58.4 Å². The zero-order valence-electron chi connectivity index (χ0n) is 24.1. The molecule has 41 heavy (non-hydrogen) atoms. The van der Waals surface area contributed by atoms with Crippen LogP contribution in [0.15, 0.2) is 48.5 Å². The third-order valence-corrected chi connectivity index (χ3v) is 7.60. The lowest BCUT2D eigenvalue weighted by atomic mass is 9.95. The predicted octanol–water partition coefficient (Wildman–Crippen LogP) is 4.71. The molecule has 0 radical (unpaired) electrons. The summed E-state index contributed by atoms with van der Waals surface area (Å²) in [6.45, 7) is 7.00. The third-order valence-electron chi connectivity index (χ3n) is 7.60. The number of nitrogens with two attached hydrogens (primary N) is 1. The number of rotatable bonds is 12. The smallest absolute Gasteiger partial charge is 0.407 e. The lowest BCUT2D eigenvalue weighted by Gasteiger charge is -2.28. The van der Waals surface area contributed by atoms with E-state index >= 15 is 0 Å². The van der Waals surface area contributed by atoms with Gasteiger partial charge < -0.3 is 20.7 Å². The van der Waals surface area contributed by atoms with Gasteiger partial charge >= 0.3 is 6.09 Å². The van der Waals surface area contributed by atoms with Gasteiger partial charge in [0.2, 0.25) is 5.91 Å². The Morgan fingerprint density at radius 2 is 1.78 bits per heavy atom. The summed E-state index contributed by atoms with van der Waals surface area (Å²) < 4.78 is 7.16. The van der Waals surface area contributed by atoms with E-state index in [1.54, 1.807) is 4.68 Å². The first-order valence-electron chi connectivity index (χ1n) is 14.5. The normalized spacial score (nSPS) is 13.6. The highest BCUT2D eigenvalue weighted by atomic mass is 16.5. The van der Waals surface area contributed by atoms with Crippen LogP contribution in [0.2, 0.25) is 0 Å². The number of ether oxygens (including phenoxy) is 1. The number of fused-ring (bicyclic) bond motifs is 5. The highest BCUT2D eigenvalue weighted by Gasteiger charge is 2.28. The summed E-state index contributed by atoms with van der Waals surface area (Å²) in [6.07, 6.45) is 2.70. The summed E-state index contributed by atoms with van der Waals surface area (Å²) in [4.78, 5) is 39.3. The fourth-order valence-electron chi connectivity index (χ4n) is 5.05. The Morgan fingerprint density at radius 3 is 2.54 bits per heavy atom. The molecule has 10 nitrogen and oxygen atoms in total. The monoisotopic (exact) mass is 560 g/mol. The maximum atomic E-state index is 13.0. The Kier molecular flexibility index (Phi) is 10.2. The average Bonchev–Trinajstić information content (AvgIpc) is 3.40. The Hall–Kier alpha value is -4.05. The van der Waals surface area contributed by atoms with Crippen LogP contribution in [0, 0.1) is 5.92 Å². The molecule has 0 spiro atoms. The van der Waals surface area contributed by atoms with Crippen LogP contribution >= 0.6 is 0 Å². The van der Waals surface area contributed by atoms with Crippen LogP contribution in [-0.2, 0) is 27.4 Å². The molecule has 0 bridgehead atoms. The highest BCUT2D eigenvalue weighted by molar-refractivity contribution is 6.00. The molecule has 3 aromatic rings. The van der Waals surface area contributed by atoms with Crippen LogP contribution in [-0.4, -0.2) is 52.0 Å². The molecule has 2 atom stereocenters. The molecule has 0 aliphatic carbocycles. The van der Waals surface area contributed by atoms with Crippen LogP contribution in [0.3, 0.4) is 0 Å². The number of aromatic nitrogens is 3. The van der Waals surface area contributed by atoms with Crippen molar-refractivity contribution in [2.45, 2.75) is 72.0 Å². The second-order valence-corrected chi connectivity index (χ2v) is 10.4. The van der Waals surface area contributed by atoms with Gasteiger partial charge in [-0.05, 0) is 37.3 Å². The first-order valence-corrected chi connectivity index (χ1v) is 14.5. The van der Waals surface area contributed by atoms with E-state index in [4.69, 9.17) is 10.5 Å². The van der Waals surface area contributed by atoms with Crippen molar-refractivity contribution in [1.82, 2.24) is 20.3 Å². The van der Waals surface area contributed by atoms with Crippen LogP contribution in [0.25, 0.3) is 22.5 Å². The number of alkyl carbamates (subject to hydrolysis) is 1. The van der Waals surface area contributed by atoms with Gasteiger partial charge in [-0.2, -0.15) is 0 Å². The van der Waals surface area contributed by atoms with E-state index in [0.717, 1.165) is 46.6 Å². The number of carbonyl (C=O) groups excluding carboxylic acids is 3. The van der Waals surface area contributed by atoms with Crippen molar-refractivity contribution < 1.29 is 19.1 Å². The molecule has 1 aliphatic heterocycles. The van der Waals surface area contributed by atoms with Crippen molar-refractivity contribution in [1.29, 1.82) is 0 Å². The second kappa shape index (κ2) is 14.0. The van der Waals surface area contributed by atoms with Gasteiger partial charge in [0, 0.05) is 30.0 Å². The van der Waals surface area contributed by atoms with E-state index in [-0.39, 0.29) is 24.2 Å². The van der Waals surface area contributed by atoms with Crippen molar-refractivity contribution in [2.75, 3.05) is 18.1 Å². The molecule has 2 unspecified atom stereocenters. The zero-order valence-corrected chi connectivity index (χ0v) is 24.1. The number of amides is 2. The van der Waals surface area contributed by atoms with Gasteiger partial charge in [0.05, 0.1) is 30.5 Å². The maximum Gasteiger partial charge on any atom is 0.407 e. The van der Waals surface area contributed by atoms with Crippen molar-refractivity contribution in [3.63, 3.8) is 0 Å². The number of ketones is 1. The van der Waals surface area contributed by atoms with E-state index in [1.807, 2.05) is 74.2 Å². The number of para-hydroxylation sites is 1. The lowest BCUT2D eigenvalue weighted by Crippen LogP contribution is -2.34. The van der Waals surface area contributed by atoms with E-state index in [2.05, 4.69) is 15.6 Å². The number of benzene rings is 2. The van der Waals surface area contributed by atoms with Crippen LogP contribution in [0.5, 0.6) is 0 Å². The standard InChI is InChI=1S/C31H40N6O4/c1-4-21(3)30(39)25(32)15-10-11-17-33-31(40)41-19-18-37-29-24-14-8-9-16-26(24)36(27(38)5-2)20-22-12-6-7-13-23(22)28(29)34-35-37/h6-9,12-14,16,21,25H,4-5,10-11,15,17-20,32H2,1-3H3,(H,33,40). The van der Waals surface area contributed by atoms with E-state index in [1.165, 1.54) is 0 Å². The largest absolute Gasteiger partial charge is 0.448 e. The Balaban J connectivity index is 1.40. The third kappa shape index (κ3) is 7.00. The molecule has 1 aromatic heterocycles. The van der Waals surface area contributed by atoms with Gasteiger partial charge in [-0.1, -0.05) is 68.4 Å². The fourth-order valence-corrected chi connectivity index (χ4v) is 5.05. The average molecular weight is 561 g/mol. The number of Topliss-reactive ketones (excluding diaryl/α,β-unsaturated/α-hetero) is 1. The predicted molar refractivity (Wildman–Crippen MR) is 158 cm³/mol. The van der Waals surface area contributed by atoms with Crippen LogP contribution in [0.4, 0.5) is 10.5 Å². The molecular weight excluding hydrogens is 520 g/mol. The number of nitrogens with one attached hydrogen (secondary N) is 1. The van der Waals surface area contributed by atoms with Crippen molar-refractivity contribution in [3.05, 3.63) is 54.1 Å². The van der Waals surface area contributed by atoms with Gasteiger partial charge in [0.15, 0.2) is 5.78 Å². The van der Waals surface area contributed by atoms with Gasteiger partial charge in [-0.3, -0.25) is 9.59 Å². The van der Waals surface area contributed by atoms with Crippen LogP contribution < -0.4 is 16.0 Å². The van der Waals surface area contributed by atoms with E-state index in [9.17, 15) is 14.4 Å². The molecule has 3 N–H and O–H groups in total. The number of nitrogens with zero attached hydrogens (tertiary/aromatic N) is 4. The Bertz CT molecular complexity index is 1370. The van der Waals surface area contributed by atoms with Gasteiger partial charge in [-0.25, -0.2) is 9.48 Å². The SMILES string of the molecule is CCC(=O)N1Cc2ccccc2-c2nnn(CCOC(=O)NCCCCC(N)C(=O)C(C)CC)c2-c2ccccc21. The zero-order chi connectivity index (χ0) is 29.4. The molecular formula is C31H40N6O4. The van der Waals surface area contributed by atoms with Crippen molar-refractivity contribution in [3.8, 4) is 22.5 Å². The molecule has 1 aliphatic rings. The molecule has 0 fully saturated rings. The number of unbranched alkanes of at least 4 members (excludes halogenated alkanes) is 1. The molecule has 218 valence electrons. The summed E-state index contributed by atoms with van der Waals surface area (Å²) in [5.41, 5.74) is 11.0. The van der Waals surface area contributed by atoms with Gasteiger partial charge in [0.1, 0.15) is 12.3 Å². The second-order valence-electron chi connectivity index (χ2n) is 10.4. The summed E-state index contributed by atoms with van der Waals surface area (Å²) in [6, 6.07) is 15.2. The minimum absolute atomic E-state index is 0.0245. The molecule has 2 amide bonds. The molecule has 2 aromatic carbocycles. The maximum absolute atomic E-state index is 13.0. The van der Waals surface area contributed by atoms with E-state index < -0.39 is 12.1 Å². The molecule has 10 heteroatoms. The van der Waals surface area contributed by atoms with Crippen molar-refractivity contribution in [2.24, 2.45) is 11.7 Å². The first kappa shape index (κ1) is 29.9. The van der Waals surface area contributed by atoms with E-state index in [0.29, 0.717) is 38.9 Å². The highest BCUT2D eigenvalue weighted by Crippen LogP contribution is 2.41. The minimum atomic E-state index is -0.515. The minimum Gasteiger partial charge on any atom is -0.448 e. The summed E-state index contributed by atoms with van der Waals surface area (Å²) in [5, 5.41) is 11.7. The lowest BCUT2D eigenvalue weighted by molar-refractivity contribution is -0.124. The molecule has 0 saturated carbocycles. The Labute approximate surface area is 241 Å². The fraction of sp³-hybridized carbons (Fsp3) is 0.452. The Morgan fingerprint density at radius 1 is 1.05 bits per heavy atom. The van der Waals surface area contributed by atoms with Gasteiger partial charge in [-0.15, -0.1) is 5.10 Å². The van der Waals surface area contributed by atoms with Crippen molar-refractivity contribution >= 4 is 23.5 Å². The first-order chi connectivity index (χ1) is 19.8. The number of hydrogen-bond donors (Lipinski definition) is 2. The number of anilines is 1. The molecule has 0 saturated heterocycles. The topological polar surface area (TPSA) is 132 Å². The van der Waals surface area contributed by atoms with Gasteiger partial charge in [0.25, 0.3) is 0 Å².